The van der Waals surface area contributed by atoms with E-state index in [4.69, 9.17) is 0 Å². The first-order valence-electron chi connectivity index (χ1n) is 7.36. The molecule has 22 heavy (non-hydrogen) atoms. The van der Waals surface area contributed by atoms with Crippen LogP contribution in [0.15, 0.2) is 54.6 Å². The standard InChI is InChI=1S/C19H19FO2/c1-13(2)18(21)12-17(14-6-4-3-5-7-14)19(22)15-8-10-16(20)11-9-15/h3-11,13,17H,12H2,1-2H3. The second kappa shape index (κ2) is 7.12. The summed E-state index contributed by atoms with van der Waals surface area (Å²) in [7, 11) is 0. The smallest absolute Gasteiger partial charge is 0.170 e. The van der Waals surface area contributed by atoms with Crippen molar-refractivity contribution in [2.24, 2.45) is 5.92 Å². The van der Waals surface area contributed by atoms with Crippen molar-refractivity contribution >= 4 is 11.6 Å². The van der Waals surface area contributed by atoms with Gasteiger partial charge in [0.1, 0.15) is 11.6 Å². The first-order chi connectivity index (χ1) is 10.5. The molecule has 3 heteroatoms. The van der Waals surface area contributed by atoms with Crippen LogP contribution in [0.5, 0.6) is 0 Å². The molecule has 0 radical (unpaired) electrons. The van der Waals surface area contributed by atoms with Crippen LogP contribution in [-0.2, 0) is 4.79 Å². The summed E-state index contributed by atoms with van der Waals surface area (Å²) in [5.74, 6) is -1.13. The fourth-order valence-corrected chi connectivity index (χ4v) is 2.30. The average molecular weight is 298 g/mol. The molecule has 0 amide bonds. The highest BCUT2D eigenvalue weighted by Gasteiger charge is 2.25. The molecule has 0 heterocycles. The van der Waals surface area contributed by atoms with Gasteiger partial charge in [0, 0.05) is 17.9 Å². The van der Waals surface area contributed by atoms with Gasteiger partial charge >= 0.3 is 0 Å². The van der Waals surface area contributed by atoms with E-state index >= 15 is 0 Å². The Labute approximate surface area is 130 Å². The molecule has 0 saturated carbocycles. The maximum absolute atomic E-state index is 13.0. The van der Waals surface area contributed by atoms with E-state index in [9.17, 15) is 14.0 Å². The molecular weight excluding hydrogens is 279 g/mol. The van der Waals surface area contributed by atoms with Gasteiger partial charge in [0.15, 0.2) is 5.78 Å². The van der Waals surface area contributed by atoms with Crippen molar-refractivity contribution in [3.05, 3.63) is 71.5 Å². The van der Waals surface area contributed by atoms with Crippen LogP contribution in [0.2, 0.25) is 0 Å². The van der Waals surface area contributed by atoms with E-state index in [-0.39, 0.29) is 29.7 Å². The summed E-state index contributed by atoms with van der Waals surface area (Å²) in [5, 5.41) is 0. The molecule has 0 aliphatic carbocycles. The Hall–Kier alpha value is -2.29. The van der Waals surface area contributed by atoms with Gasteiger partial charge in [-0.3, -0.25) is 9.59 Å². The zero-order valence-electron chi connectivity index (χ0n) is 12.8. The Bertz CT molecular complexity index is 645. The molecule has 0 saturated heterocycles. The molecule has 0 aliphatic heterocycles. The van der Waals surface area contributed by atoms with E-state index in [0.717, 1.165) is 5.56 Å². The highest BCUT2D eigenvalue weighted by atomic mass is 19.1. The minimum absolute atomic E-state index is 0.0457. The lowest BCUT2D eigenvalue weighted by Crippen LogP contribution is -2.19. The minimum Gasteiger partial charge on any atom is -0.299 e. The maximum Gasteiger partial charge on any atom is 0.170 e. The van der Waals surface area contributed by atoms with Crippen molar-refractivity contribution in [2.75, 3.05) is 0 Å². The third-order valence-electron chi connectivity index (χ3n) is 3.70. The number of halogens is 1. The van der Waals surface area contributed by atoms with Crippen LogP contribution in [0.3, 0.4) is 0 Å². The number of carbonyl (C=O) groups excluding carboxylic acids is 2. The average Bonchev–Trinajstić information content (AvgIpc) is 2.53. The van der Waals surface area contributed by atoms with Crippen LogP contribution in [0.4, 0.5) is 4.39 Å². The van der Waals surface area contributed by atoms with Crippen LogP contribution < -0.4 is 0 Å². The number of benzene rings is 2. The lowest BCUT2D eigenvalue weighted by molar-refractivity contribution is -0.122. The number of hydrogen-bond donors (Lipinski definition) is 0. The lowest BCUT2D eigenvalue weighted by atomic mass is 9.85. The number of hydrogen-bond acceptors (Lipinski definition) is 2. The van der Waals surface area contributed by atoms with Crippen molar-refractivity contribution < 1.29 is 14.0 Å². The topological polar surface area (TPSA) is 34.1 Å². The summed E-state index contributed by atoms with van der Waals surface area (Å²) >= 11 is 0. The molecule has 2 aromatic carbocycles. The Balaban J connectivity index is 2.33. The van der Waals surface area contributed by atoms with Crippen LogP contribution in [0.1, 0.15) is 42.1 Å². The lowest BCUT2D eigenvalue weighted by Gasteiger charge is -2.17. The third-order valence-corrected chi connectivity index (χ3v) is 3.70. The molecule has 1 unspecified atom stereocenters. The zero-order valence-corrected chi connectivity index (χ0v) is 12.8. The quantitative estimate of drug-likeness (QED) is 0.740. The first-order valence-corrected chi connectivity index (χ1v) is 7.36. The zero-order chi connectivity index (χ0) is 16.1. The number of carbonyl (C=O) groups is 2. The Kier molecular flexibility index (Phi) is 5.21. The molecule has 114 valence electrons. The largest absolute Gasteiger partial charge is 0.299 e. The summed E-state index contributed by atoms with van der Waals surface area (Å²) < 4.78 is 13.0. The molecule has 2 rings (SSSR count). The van der Waals surface area contributed by atoms with Crippen molar-refractivity contribution in [2.45, 2.75) is 26.2 Å². The van der Waals surface area contributed by atoms with Crippen LogP contribution in [0, 0.1) is 11.7 Å². The van der Waals surface area contributed by atoms with Crippen molar-refractivity contribution in [3.8, 4) is 0 Å². The Morgan fingerprint density at radius 1 is 0.955 bits per heavy atom. The van der Waals surface area contributed by atoms with Crippen LogP contribution in [-0.4, -0.2) is 11.6 Å². The van der Waals surface area contributed by atoms with Crippen molar-refractivity contribution in [3.63, 3.8) is 0 Å². The molecule has 0 fully saturated rings. The molecule has 2 aromatic rings. The summed E-state index contributed by atoms with van der Waals surface area (Å²) in [5.41, 5.74) is 1.23. The van der Waals surface area contributed by atoms with Gasteiger partial charge in [-0.05, 0) is 29.8 Å². The normalized spacial score (nSPS) is 12.2. The molecule has 0 spiro atoms. The summed E-state index contributed by atoms with van der Waals surface area (Å²) in [6.45, 7) is 3.65. The van der Waals surface area contributed by atoms with Gasteiger partial charge in [-0.2, -0.15) is 0 Å². The van der Waals surface area contributed by atoms with E-state index in [1.54, 1.807) is 0 Å². The van der Waals surface area contributed by atoms with Gasteiger partial charge in [0.05, 0.1) is 5.92 Å². The van der Waals surface area contributed by atoms with Gasteiger partial charge in [0.25, 0.3) is 0 Å². The second-order valence-corrected chi connectivity index (χ2v) is 5.66. The third kappa shape index (κ3) is 3.88. The fraction of sp³-hybridized carbons (Fsp3) is 0.263. The van der Waals surface area contributed by atoms with Crippen LogP contribution >= 0.6 is 0 Å². The van der Waals surface area contributed by atoms with Gasteiger partial charge < -0.3 is 0 Å². The molecule has 0 bridgehead atoms. The SMILES string of the molecule is CC(C)C(=O)CC(C(=O)c1ccc(F)cc1)c1ccccc1. The fourth-order valence-electron chi connectivity index (χ4n) is 2.30. The molecular formula is C19H19FO2. The van der Waals surface area contributed by atoms with Crippen LogP contribution in [0.25, 0.3) is 0 Å². The van der Waals surface area contributed by atoms with Gasteiger partial charge in [-0.25, -0.2) is 4.39 Å². The summed E-state index contributed by atoms with van der Waals surface area (Å²) in [6, 6.07) is 14.7. The van der Waals surface area contributed by atoms with E-state index in [1.165, 1.54) is 24.3 Å². The predicted octanol–water partition coefficient (Wildman–Crippen LogP) is 4.41. The Morgan fingerprint density at radius 2 is 1.55 bits per heavy atom. The molecule has 2 nitrogen and oxygen atoms in total. The number of rotatable bonds is 6. The molecule has 0 N–H and O–H groups in total. The highest BCUT2D eigenvalue weighted by Crippen LogP contribution is 2.26. The first kappa shape index (κ1) is 16.1. The van der Waals surface area contributed by atoms with E-state index in [2.05, 4.69) is 0 Å². The van der Waals surface area contributed by atoms with E-state index in [0.29, 0.717) is 5.56 Å². The second-order valence-electron chi connectivity index (χ2n) is 5.66. The molecule has 0 aliphatic rings. The minimum atomic E-state index is -0.526. The van der Waals surface area contributed by atoms with Gasteiger partial charge in [0.2, 0.25) is 0 Å². The summed E-state index contributed by atoms with van der Waals surface area (Å²) in [4.78, 5) is 24.8. The monoisotopic (exact) mass is 298 g/mol. The highest BCUT2D eigenvalue weighted by molar-refractivity contribution is 6.03. The summed E-state index contributed by atoms with van der Waals surface area (Å²) in [6.07, 6.45) is 0.165. The van der Waals surface area contributed by atoms with Gasteiger partial charge in [-0.15, -0.1) is 0 Å². The predicted molar refractivity (Wildman–Crippen MR) is 84.4 cm³/mol. The maximum atomic E-state index is 13.0. The number of Topliss-reactive ketones (excluding diaryl/α,β-unsaturated/α-hetero) is 2. The van der Waals surface area contributed by atoms with Gasteiger partial charge in [-0.1, -0.05) is 44.2 Å². The van der Waals surface area contributed by atoms with Crippen molar-refractivity contribution in [1.82, 2.24) is 0 Å². The van der Waals surface area contributed by atoms with Crippen molar-refractivity contribution in [1.29, 1.82) is 0 Å². The number of ketones is 2. The Morgan fingerprint density at radius 3 is 2.09 bits per heavy atom. The molecule has 1 atom stereocenters. The van der Waals surface area contributed by atoms with E-state index in [1.807, 2.05) is 44.2 Å². The molecule has 0 aromatic heterocycles. The van der Waals surface area contributed by atoms with E-state index < -0.39 is 5.92 Å².